The number of hydrogen-bond donors (Lipinski definition) is 0. The van der Waals surface area contributed by atoms with Crippen LogP contribution in [0.2, 0.25) is 0 Å². The van der Waals surface area contributed by atoms with Crippen LogP contribution in [0, 0.1) is 0 Å². The van der Waals surface area contributed by atoms with Gasteiger partial charge in [0.15, 0.2) is 0 Å². The van der Waals surface area contributed by atoms with Gasteiger partial charge in [-0.15, -0.1) is 0 Å². The third-order valence-corrected chi connectivity index (χ3v) is 2.58. The molecule has 0 aromatic heterocycles. The molecule has 5 heavy (non-hydrogen) atoms. The molecule has 0 bridgehead atoms. The Balaban J connectivity index is 2.80. The van der Waals surface area contributed by atoms with E-state index < -0.39 is 22.8 Å². The third-order valence-electron chi connectivity index (χ3n) is 0.644. The summed E-state index contributed by atoms with van der Waals surface area (Å²) in [4.78, 5) is 0. The molecule has 0 aromatic rings. The first kappa shape index (κ1) is 3.73. The Kier molecular flexibility index (Phi) is 0.999. The Labute approximate surface area is 41.9 Å². The van der Waals surface area contributed by atoms with Crippen LogP contribution in [0.1, 0.15) is 12.8 Å². The second kappa shape index (κ2) is 1.34. The van der Waals surface area contributed by atoms with Gasteiger partial charge >= 0.3 is 41.6 Å². The molecule has 0 N–H and O–H groups in total. The summed E-state index contributed by atoms with van der Waals surface area (Å²) in [6.07, 6.45) is 2.38. The van der Waals surface area contributed by atoms with E-state index in [0.29, 0.717) is 0 Å². The summed E-state index contributed by atoms with van der Waals surface area (Å²) < 4.78 is 11.2. The van der Waals surface area contributed by atoms with Crippen molar-refractivity contribution in [2.24, 2.45) is 0 Å². The molecule has 1 nitrogen and oxygen atoms in total. The van der Waals surface area contributed by atoms with Crippen molar-refractivity contribution in [2.45, 2.75) is 12.8 Å². The molecule has 1 fully saturated rings. The molecule has 0 saturated heterocycles. The first-order valence-corrected chi connectivity index (χ1v) is 3.89. The number of hydrogen-bond acceptors (Lipinski definition) is 1. The van der Waals surface area contributed by atoms with E-state index in [0.717, 1.165) is 0 Å². The van der Waals surface area contributed by atoms with Gasteiger partial charge in [-0.2, -0.15) is 0 Å². The Hall–Kier alpha value is 0.553. The molecular formula is C3H4OZr. The van der Waals surface area contributed by atoms with Gasteiger partial charge in [0.2, 0.25) is 0 Å². The summed E-state index contributed by atoms with van der Waals surface area (Å²) in [6.45, 7) is 0. The second-order valence-electron chi connectivity index (χ2n) is 1.21. The second-order valence-corrected chi connectivity index (χ2v) is 3.45. The van der Waals surface area contributed by atoms with Gasteiger partial charge in [0.1, 0.15) is 0 Å². The van der Waals surface area contributed by atoms with Crippen molar-refractivity contribution in [3.8, 4) is 0 Å². The van der Waals surface area contributed by atoms with Gasteiger partial charge in [-0.3, -0.25) is 0 Å². The van der Waals surface area contributed by atoms with Crippen LogP contribution in [0.25, 0.3) is 0 Å². The topological polar surface area (TPSA) is 17.1 Å². The van der Waals surface area contributed by atoms with Crippen molar-refractivity contribution in [3.63, 3.8) is 0 Å². The molecule has 1 aliphatic carbocycles. The molecule has 0 aliphatic heterocycles. The molecule has 0 atom stereocenters. The average Bonchev–Trinajstić information content (AvgIpc) is 2.12. The molecular weight excluding hydrogens is 143 g/mol. The predicted octanol–water partition coefficient (Wildman–Crippen LogP) is 0.381. The molecule has 0 spiro atoms. The van der Waals surface area contributed by atoms with Crippen LogP contribution in [0.5, 0.6) is 0 Å². The van der Waals surface area contributed by atoms with Crippen LogP contribution < -0.4 is 0 Å². The molecule has 0 heterocycles. The van der Waals surface area contributed by atoms with Crippen LogP contribution in [0.3, 0.4) is 0 Å². The average molecular weight is 147 g/mol. The van der Waals surface area contributed by atoms with Gasteiger partial charge in [-0.05, 0) is 0 Å². The van der Waals surface area contributed by atoms with Crippen molar-refractivity contribution in [3.05, 3.63) is 0 Å². The number of rotatable bonds is 0. The minimum absolute atomic E-state index is 1.09. The zero-order valence-corrected chi connectivity index (χ0v) is 5.28. The SMILES string of the molecule is [O]=[Zr]=[C]1CC1. The fraction of sp³-hybridized carbons (Fsp3) is 0.667. The summed E-state index contributed by atoms with van der Waals surface area (Å²) in [5.74, 6) is 0. The van der Waals surface area contributed by atoms with Crippen LogP contribution in [-0.4, -0.2) is 3.21 Å². The normalized spacial score (nSPS) is 18.0. The summed E-state index contributed by atoms with van der Waals surface area (Å²) in [5, 5.41) is 0. The zero-order chi connectivity index (χ0) is 3.70. The van der Waals surface area contributed by atoms with Crippen molar-refractivity contribution in [1.82, 2.24) is 0 Å². The Morgan fingerprint density at radius 2 is 2.20 bits per heavy atom. The van der Waals surface area contributed by atoms with Gasteiger partial charge < -0.3 is 0 Å². The third kappa shape index (κ3) is 0.962. The molecule has 1 rings (SSSR count). The van der Waals surface area contributed by atoms with E-state index in [1.807, 2.05) is 0 Å². The fourth-order valence-corrected chi connectivity index (χ4v) is 0.974. The standard InChI is InChI=1S/C3H4.O.Zr/c1-2-3-1;;/h1-2H2;;. The van der Waals surface area contributed by atoms with Gasteiger partial charge in [-0.1, -0.05) is 0 Å². The fourth-order valence-electron chi connectivity index (χ4n) is 0.165. The van der Waals surface area contributed by atoms with E-state index in [4.69, 9.17) is 0 Å². The Morgan fingerprint density at radius 3 is 2.20 bits per heavy atom. The quantitative estimate of drug-likeness (QED) is 0.484. The van der Waals surface area contributed by atoms with Crippen LogP contribution >= 0.6 is 0 Å². The van der Waals surface area contributed by atoms with Gasteiger partial charge in [-0.25, -0.2) is 0 Å². The van der Waals surface area contributed by atoms with Crippen LogP contribution in [-0.2, 0) is 25.6 Å². The molecule has 0 aromatic carbocycles. The molecule has 0 unspecified atom stereocenters. The Bertz CT molecular complexity index is 85.1. The summed E-state index contributed by atoms with van der Waals surface area (Å²) in [6, 6.07) is 0. The van der Waals surface area contributed by atoms with E-state index in [-0.39, 0.29) is 0 Å². The molecule has 0 radical (unpaired) electrons. The summed E-state index contributed by atoms with van der Waals surface area (Å²) in [5.41, 5.74) is 0. The van der Waals surface area contributed by atoms with Gasteiger partial charge in [0, 0.05) is 0 Å². The zero-order valence-electron chi connectivity index (χ0n) is 2.82. The van der Waals surface area contributed by atoms with Crippen LogP contribution in [0.15, 0.2) is 0 Å². The van der Waals surface area contributed by atoms with Crippen molar-refractivity contribution >= 4 is 3.21 Å². The maximum absolute atomic E-state index is 9.83. The molecule has 1 saturated carbocycles. The molecule has 1 aliphatic rings. The Morgan fingerprint density at radius 1 is 1.60 bits per heavy atom. The maximum atomic E-state index is 9.83. The van der Waals surface area contributed by atoms with E-state index in [2.05, 4.69) is 0 Å². The molecule has 26 valence electrons. The van der Waals surface area contributed by atoms with Gasteiger partial charge in [0.25, 0.3) is 0 Å². The predicted molar refractivity (Wildman–Crippen MR) is 14.9 cm³/mol. The first-order valence-electron chi connectivity index (χ1n) is 1.66. The monoisotopic (exact) mass is 146 g/mol. The van der Waals surface area contributed by atoms with E-state index >= 15 is 0 Å². The van der Waals surface area contributed by atoms with E-state index in [9.17, 15) is 2.81 Å². The van der Waals surface area contributed by atoms with Crippen molar-refractivity contribution in [2.75, 3.05) is 0 Å². The van der Waals surface area contributed by atoms with Crippen molar-refractivity contribution in [1.29, 1.82) is 0 Å². The van der Waals surface area contributed by atoms with E-state index in [1.54, 1.807) is 0 Å². The molecule has 2 heteroatoms. The first-order chi connectivity index (χ1) is 2.43. The summed E-state index contributed by atoms with van der Waals surface area (Å²) in [7, 11) is 0. The molecule has 0 amide bonds. The summed E-state index contributed by atoms with van der Waals surface area (Å²) >= 11 is -1.09. The van der Waals surface area contributed by atoms with Crippen molar-refractivity contribution < 1.29 is 25.6 Å². The minimum atomic E-state index is -1.09. The van der Waals surface area contributed by atoms with Gasteiger partial charge in [0.05, 0.1) is 0 Å². The van der Waals surface area contributed by atoms with E-state index in [1.165, 1.54) is 16.0 Å². The van der Waals surface area contributed by atoms with Crippen LogP contribution in [0.4, 0.5) is 0 Å².